The molecular weight excluding hydrogens is 374 g/mol. The molecule has 0 aliphatic carbocycles. The van der Waals surface area contributed by atoms with E-state index in [1.54, 1.807) is 6.33 Å². The quantitative estimate of drug-likeness (QED) is 0.527. The monoisotopic (exact) mass is 401 g/mol. The number of benzene rings is 1. The molecule has 29 heavy (non-hydrogen) atoms. The lowest BCUT2D eigenvalue weighted by molar-refractivity contribution is -0.108. The van der Waals surface area contributed by atoms with Crippen LogP contribution in [0.15, 0.2) is 36.8 Å². The zero-order chi connectivity index (χ0) is 20.8. The van der Waals surface area contributed by atoms with Crippen LogP contribution in [0.5, 0.6) is 0 Å². The minimum absolute atomic E-state index is 0.153. The number of aryl methyl sites for hydroxylation is 2. The van der Waals surface area contributed by atoms with Gasteiger partial charge in [0.1, 0.15) is 24.9 Å². The molecule has 1 aliphatic heterocycles. The number of fused-ring (bicyclic) bond motifs is 2. The van der Waals surface area contributed by atoms with Crippen LogP contribution in [-0.2, 0) is 16.1 Å². The second-order valence-electron chi connectivity index (χ2n) is 7.08. The summed E-state index contributed by atoms with van der Waals surface area (Å²) in [5, 5.41) is 29.2. The lowest BCUT2D eigenvalue weighted by Gasteiger charge is -2.22. The first kappa shape index (κ1) is 21.4. The van der Waals surface area contributed by atoms with Gasteiger partial charge < -0.3 is 29.8 Å². The van der Waals surface area contributed by atoms with E-state index in [1.165, 1.54) is 0 Å². The summed E-state index contributed by atoms with van der Waals surface area (Å²) in [6, 6.07) is 7.95. The Morgan fingerprint density at radius 1 is 1.17 bits per heavy atom. The van der Waals surface area contributed by atoms with Crippen LogP contribution in [0.3, 0.4) is 0 Å². The van der Waals surface area contributed by atoms with Gasteiger partial charge in [-0.05, 0) is 31.0 Å². The van der Waals surface area contributed by atoms with E-state index in [1.807, 2.05) is 44.3 Å². The summed E-state index contributed by atoms with van der Waals surface area (Å²) in [6.45, 7) is 4.14. The molecule has 1 aromatic carbocycles. The lowest BCUT2D eigenvalue weighted by Crippen LogP contribution is -2.31. The molecule has 2 aromatic heterocycles. The average molecular weight is 401 g/mol. The van der Waals surface area contributed by atoms with E-state index in [9.17, 15) is 10.2 Å². The first-order valence-corrected chi connectivity index (χ1v) is 9.50. The summed E-state index contributed by atoms with van der Waals surface area (Å²) in [6.07, 6.45) is 1.14. The van der Waals surface area contributed by atoms with Gasteiger partial charge in [0.15, 0.2) is 0 Å². The molecule has 3 heterocycles. The van der Waals surface area contributed by atoms with Crippen LogP contribution in [0.2, 0.25) is 0 Å². The Labute approximate surface area is 169 Å². The fraction of sp³-hybridized carbons (Fsp3) is 0.429. The van der Waals surface area contributed by atoms with Gasteiger partial charge in [-0.1, -0.05) is 23.8 Å². The van der Waals surface area contributed by atoms with Crippen LogP contribution in [-0.4, -0.2) is 55.9 Å². The molecule has 0 radical (unpaired) electrons. The number of rotatable bonds is 4. The van der Waals surface area contributed by atoms with Gasteiger partial charge in [0, 0.05) is 18.0 Å². The molecule has 1 aliphatic rings. The van der Waals surface area contributed by atoms with E-state index in [-0.39, 0.29) is 19.3 Å². The molecule has 0 fully saturated rings. The second-order valence-corrected chi connectivity index (χ2v) is 7.08. The molecule has 4 rings (SSSR count). The van der Waals surface area contributed by atoms with Gasteiger partial charge in [-0.3, -0.25) is 0 Å². The number of aromatic amines is 1. The predicted octanol–water partition coefficient (Wildman–Crippen LogP) is 1.91. The molecular formula is C21H27N3O5. The van der Waals surface area contributed by atoms with Crippen molar-refractivity contribution in [2.24, 2.45) is 0 Å². The molecule has 3 atom stereocenters. The normalized spacial score (nSPS) is 18.3. The molecule has 8 heteroatoms. The predicted molar refractivity (Wildman–Crippen MR) is 107 cm³/mol. The summed E-state index contributed by atoms with van der Waals surface area (Å²) < 4.78 is 10.9. The van der Waals surface area contributed by atoms with Crippen molar-refractivity contribution in [1.82, 2.24) is 15.0 Å². The zero-order valence-electron chi connectivity index (χ0n) is 16.6. The van der Waals surface area contributed by atoms with Gasteiger partial charge in [0.2, 0.25) is 0 Å². The van der Waals surface area contributed by atoms with Gasteiger partial charge in [-0.2, -0.15) is 0 Å². The Kier molecular flexibility index (Phi) is 7.29. The van der Waals surface area contributed by atoms with Crippen LogP contribution in [0.1, 0.15) is 34.9 Å². The summed E-state index contributed by atoms with van der Waals surface area (Å²) in [4.78, 5) is 11.1. The Morgan fingerprint density at radius 2 is 2.00 bits per heavy atom. The number of aliphatic hydroxyl groups is 3. The fourth-order valence-corrected chi connectivity index (χ4v) is 3.24. The Hall–Kier alpha value is -2.36. The van der Waals surface area contributed by atoms with E-state index >= 15 is 0 Å². The van der Waals surface area contributed by atoms with Crippen LogP contribution in [0.4, 0.5) is 0 Å². The number of hydrogen-bond donors (Lipinski definition) is 4. The van der Waals surface area contributed by atoms with E-state index < -0.39 is 18.8 Å². The van der Waals surface area contributed by atoms with Crippen LogP contribution >= 0.6 is 0 Å². The molecule has 8 nitrogen and oxygen atoms in total. The maximum atomic E-state index is 9.81. The Bertz CT molecular complexity index is 930. The number of nitrogens with one attached hydrogen (secondary N) is 1. The number of aromatic nitrogens is 3. The van der Waals surface area contributed by atoms with Crippen molar-refractivity contribution in [3.05, 3.63) is 59.2 Å². The lowest BCUT2D eigenvalue weighted by atomic mass is 9.95. The first-order chi connectivity index (χ1) is 14.0. The van der Waals surface area contributed by atoms with E-state index in [0.29, 0.717) is 6.61 Å². The molecule has 0 saturated heterocycles. The molecule has 0 spiro atoms. The Balaban J connectivity index is 0.000000200. The van der Waals surface area contributed by atoms with Gasteiger partial charge in [-0.25, -0.2) is 9.97 Å². The zero-order valence-corrected chi connectivity index (χ0v) is 16.6. The SMILES string of the molecule is Cc1ccc2c(c1)COCOC2CC(O)C(O)CO.Cc1ncnc2[nH]ccc12. The summed E-state index contributed by atoms with van der Waals surface area (Å²) in [5.74, 6) is 0. The van der Waals surface area contributed by atoms with Crippen LogP contribution in [0, 0.1) is 13.8 Å². The molecule has 3 unspecified atom stereocenters. The third kappa shape index (κ3) is 5.37. The molecule has 0 amide bonds. The summed E-state index contributed by atoms with van der Waals surface area (Å²) in [7, 11) is 0. The fourth-order valence-electron chi connectivity index (χ4n) is 3.24. The van der Waals surface area contributed by atoms with E-state index in [2.05, 4.69) is 15.0 Å². The summed E-state index contributed by atoms with van der Waals surface area (Å²) >= 11 is 0. The van der Waals surface area contributed by atoms with Crippen molar-refractivity contribution in [2.75, 3.05) is 13.4 Å². The minimum Gasteiger partial charge on any atom is -0.394 e. The number of aliphatic hydroxyl groups excluding tert-OH is 3. The number of hydrogen-bond acceptors (Lipinski definition) is 7. The number of H-pyrrole nitrogens is 1. The standard InChI is InChI=1S/C14H20O5.C7H7N3/c1-9-2-3-11-10(4-9)7-18-8-19-14(11)5-12(16)13(17)6-15;1-5-6-2-3-8-7(6)10-4-9-5/h2-4,12-17H,5-8H2,1H3;2-4H,1H3,(H,8,9,10). The van der Waals surface area contributed by atoms with Crippen LogP contribution in [0.25, 0.3) is 11.0 Å². The van der Waals surface area contributed by atoms with Crippen molar-refractivity contribution < 1.29 is 24.8 Å². The van der Waals surface area contributed by atoms with Gasteiger partial charge >= 0.3 is 0 Å². The average Bonchev–Trinajstić information content (AvgIpc) is 3.12. The maximum absolute atomic E-state index is 9.81. The van der Waals surface area contributed by atoms with Crippen molar-refractivity contribution in [2.45, 2.75) is 45.2 Å². The summed E-state index contributed by atoms with van der Waals surface area (Å²) in [5.41, 5.74) is 5.07. The van der Waals surface area contributed by atoms with Crippen molar-refractivity contribution in [3.8, 4) is 0 Å². The van der Waals surface area contributed by atoms with Crippen LogP contribution < -0.4 is 0 Å². The van der Waals surface area contributed by atoms with Gasteiger partial charge in [0.25, 0.3) is 0 Å². The minimum atomic E-state index is -1.15. The molecule has 4 N–H and O–H groups in total. The molecule has 3 aromatic rings. The number of ether oxygens (including phenoxy) is 2. The van der Waals surface area contributed by atoms with Crippen molar-refractivity contribution >= 4 is 11.0 Å². The highest BCUT2D eigenvalue weighted by atomic mass is 16.7. The largest absolute Gasteiger partial charge is 0.394 e. The highest BCUT2D eigenvalue weighted by Crippen LogP contribution is 2.30. The Morgan fingerprint density at radius 3 is 2.76 bits per heavy atom. The van der Waals surface area contributed by atoms with Gasteiger partial charge in [0.05, 0.1) is 31.1 Å². The van der Waals surface area contributed by atoms with E-state index in [4.69, 9.17) is 14.6 Å². The first-order valence-electron chi connectivity index (χ1n) is 9.50. The number of nitrogens with zero attached hydrogens (tertiary/aromatic N) is 2. The maximum Gasteiger partial charge on any atom is 0.148 e. The van der Waals surface area contributed by atoms with E-state index in [0.717, 1.165) is 33.4 Å². The highest BCUT2D eigenvalue weighted by molar-refractivity contribution is 5.77. The smallest absolute Gasteiger partial charge is 0.148 e. The second kappa shape index (κ2) is 9.91. The van der Waals surface area contributed by atoms with Gasteiger partial charge in [-0.15, -0.1) is 0 Å². The molecule has 0 bridgehead atoms. The molecule has 0 saturated carbocycles. The third-order valence-electron chi connectivity index (χ3n) is 4.90. The van der Waals surface area contributed by atoms with Crippen molar-refractivity contribution in [1.29, 1.82) is 0 Å². The topological polar surface area (TPSA) is 121 Å². The van der Waals surface area contributed by atoms with Crippen molar-refractivity contribution in [3.63, 3.8) is 0 Å². The third-order valence-corrected chi connectivity index (χ3v) is 4.90. The highest BCUT2D eigenvalue weighted by Gasteiger charge is 2.25. The molecule has 156 valence electrons.